The van der Waals surface area contributed by atoms with Crippen molar-refractivity contribution in [1.29, 1.82) is 0 Å². The lowest BCUT2D eigenvalue weighted by Crippen LogP contribution is -2.45. The van der Waals surface area contributed by atoms with Crippen LogP contribution in [0.25, 0.3) is 10.9 Å². The molecule has 4 rings (SSSR count). The molecular formula is C22H26N6O2. The lowest BCUT2D eigenvalue weighted by Gasteiger charge is -2.33. The number of carbonyl (C=O) groups is 1. The van der Waals surface area contributed by atoms with Crippen molar-refractivity contribution >= 4 is 28.6 Å². The first-order valence-corrected chi connectivity index (χ1v) is 10.0. The van der Waals surface area contributed by atoms with Gasteiger partial charge >= 0.3 is 0 Å². The third-order valence-electron chi connectivity index (χ3n) is 5.50. The van der Waals surface area contributed by atoms with Crippen LogP contribution in [-0.2, 0) is 0 Å². The number of hydrogen-bond acceptors (Lipinski definition) is 7. The first-order chi connectivity index (χ1) is 14.4. The number of rotatable bonds is 4. The predicted octanol–water partition coefficient (Wildman–Crippen LogP) is 2.16. The highest BCUT2D eigenvalue weighted by Gasteiger charge is 2.20. The van der Waals surface area contributed by atoms with Crippen molar-refractivity contribution in [3.05, 3.63) is 53.6 Å². The number of nitrogen functional groups attached to an aromatic ring is 1. The number of nitrogens with zero attached hydrogens (tertiary/aromatic N) is 4. The first kappa shape index (κ1) is 19.9. The largest absolute Gasteiger partial charge is 0.508 e. The summed E-state index contributed by atoms with van der Waals surface area (Å²) in [5.74, 6) is 1.01. The Morgan fingerprint density at radius 1 is 1.10 bits per heavy atom. The molecule has 1 amide bonds. The standard InChI is InChI=1S/C22H26N6O2/c1-14(15-3-6-17(29)7-4-15)24-21(30)16-5-8-18-19(13-16)25-22(23)26-20(18)28-11-9-27(2)10-12-28/h3-8,13-14,29H,9-12H2,1-2H3,(H,24,30)(H2,23,25,26). The van der Waals surface area contributed by atoms with Gasteiger partial charge in [0.2, 0.25) is 5.95 Å². The van der Waals surface area contributed by atoms with Crippen LogP contribution in [0.4, 0.5) is 11.8 Å². The van der Waals surface area contributed by atoms with Crippen LogP contribution in [0, 0.1) is 0 Å². The number of aromatic hydroxyl groups is 1. The van der Waals surface area contributed by atoms with Crippen molar-refractivity contribution < 1.29 is 9.90 Å². The molecule has 0 spiro atoms. The Kier molecular flexibility index (Phi) is 5.41. The number of hydrogen-bond donors (Lipinski definition) is 3. The fourth-order valence-electron chi connectivity index (χ4n) is 3.66. The van der Waals surface area contributed by atoms with E-state index in [0.29, 0.717) is 11.1 Å². The molecule has 30 heavy (non-hydrogen) atoms. The zero-order valence-corrected chi connectivity index (χ0v) is 17.2. The quantitative estimate of drug-likeness (QED) is 0.609. The average molecular weight is 406 g/mol. The summed E-state index contributed by atoms with van der Waals surface area (Å²) in [5, 5.41) is 13.3. The Balaban J connectivity index is 1.58. The monoisotopic (exact) mass is 406 g/mol. The Bertz CT molecular complexity index is 1060. The molecular weight excluding hydrogens is 380 g/mol. The molecule has 1 aromatic heterocycles. The third-order valence-corrected chi connectivity index (χ3v) is 5.50. The van der Waals surface area contributed by atoms with E-state index in [1.165, 1.54) is 0 Å². The normalized spacial score (nSPS) is 15.9. The number of likely N-dealkylation sites (N-methyl/N-ethyl adjacent to an activating group) is 1. The number of fused-ring (bicyclic) bond motifs is 1. The second kappa shape index (κ2) is 8.16. The molecule has 8 nitrogen and oxygen atoms in total. The Morgan fingerprint density at radius 3 is 2.50 bits per heavy atom. The summed E-state index contributed by atoms with van der Waals surface area (Å²) in [6.45, 7) is 5.56. The van der Waals surface area contributed by atoms with Gasteiger partial charge in [0.05, 0.1) is 11.6 Å². The van der Waals surface area contributed by atoms with Crippen LogP contribution < -0.4 is 16.0 Å². The van der Waals surface area contributed by atoms with Gasteiger partial charge in [0.15, 0.2) is 0 Å². The fourth-order valence-corrected chi connectivity index (χ4v) is 3.66. The Hall–Kier alpha value is -3.39. The average Bonchev–Trinajstić information content (AvgIpc) is 2.73. The molecule has 1 saturated heterocycles. The van der Waals surface area contributed by atoms with Gasteiger partial charge in [0.1, 0.15) is 11.6 Å². The maximum Gasteiger partial charge on any atom is 0.251 e. The highest BCUT2D eigenvalue weighted by Crippen LogP contribution is 2.27. The van der Waals surface area contributed by atoms with E-state index < -0.39 is 0 Å². The zero-order chi connectivity index (χ0) is 21.3. The van der Waals surface area contributed by atoms with E-state index in [2.05, 4.69) is 32.1 Å². The van der Waals surface area contributed by atoms with Gasteiger partial charge < -0.3 is 26.0 Å². The fraction of sp³-hybridized carbons (Fsp3) is 0.318. The van der Waals surface area contributed by atoms with E-state index in [4.69, 9.17) is 5.73 Å². The highest BCUT2D eigenvalue weighted by atomic mass is 16.3. The van der Waals surface area contributed by atoms with Crippen molar-refractivity contribution in [3.63, 3.8) is 0 Å². The van der Waals surface area contributed by atoms with Crippen LogP contribution in [0.2, 0.25) is 0 Å². The zero-order valence-electron chi connectivity index (χ0n) is 17.2. The molecule has 1 aliphatic rings. The van der Waals surface area contributed by atoms with Crippen LogP contribution in [0.15, 0.2) is 42.5 Å². The summed E-state index contributed by atoms with van der Waals surface area (Å²) < 4.78 is 0. The van der Waals surface area contributed by atoms with E-state index in [-0.39, 0.29) is 23.6 Å². The number of phenols is 1. The minimum absolute atomic E-state index is 0.195. The summed E-state index contributed by atoms with van der Waals surface area (Å²) in [5.41, 5.74) is 8.05. The minimum atomic E-state index is -0.204. The van der Waals surface area contributed by atoms with Gasteiger partial charge in [0.25, 0.3) is 5.91 Å². The molecule has 1 aliphatic heterocycles. The minimum Gasteiger partial charge on any atom is -0.508 e. The SMILES string of the molecule is CC(NC(=O)c1ccc2c(N3CCN(C)CC3)nc(N)nc2c1)c1ccc(O)cc1. The van der Waals surface area contributed by atoms with Crippen LogP contribution >= 0.6 is 0 Å². The second-order valence-electron chi connectivity index (χ2n) is 7.71. The number of anilines is 2. The molecule has 0 radical (unpaired) electrons. The van der Waals surface area contributed by atoms with Crippen molar-refractivity contribution in [2.45, 2.75) is 13.0 Å². The van der Waals surface area contributed by atoms with E-state index in [1.54, 1.807) is 36.4 Å². The van der Waals surface area contributed by atoms with Crippen molar-refractivity contribution in [2.24, 2.45) is 0 Å². The number of aromatic nitrogens is 2. The summed E-state index contributed by atoms with van der Waals surface area (Å²) in [7, 11) is 2.10. The molecule has 1 atom stereocenters. The molecule has 4 N–H and O–H groups in total. The van der Waals surface area contributed by atoms with Gasteiger partial charge in [-0.2, -0.15) is 4.98 Å². The predicted molar refractivity (Wildman–Crippen MR) is 118 cm³/mol. The number of phenolic OH excluding ortho intramolecular Hbond substituents is 1. The Morgan fingerprint density at radius 2 is 1.80 bits per heavy atom. The molecule has 1 unspecified atom stereocenters. The van der Waals surface area contributed by atoms with E-state index in [9.17, 15) is 9.90 Å². The van der Waals surface area contributed by atoms with Crippen molar-refractivity contribution in [3.8, 4) is 5.75 Å². The lowest BCUT2D eigenvalue weighted by molar-refractivity contribution is 0.0940. The van der Waals surface area contributed by atoms with Gasteiger partial charge in [-0.1, -0.05) is 12.1 Å². The van der Waals surface area contributed by atoms with Crippen LogP contribution in [-0.4, -0.2) is 59.1 Å². The number of nitrogens with one attached hydrogen (secondary N) is 1. The summed E-state index contributed by atoms with van der Waals surface area (Å²) in [6.07, 6.45) is 0. The second-order valence-corrected chi connectivity index (χ2v) is 7.71. The van der Waals surface area contributed by atoms with Crippen molar-refractivity contribution in [1.82, 2.24) is 20.2 Å². The van der Waals surface area contributed by atoms with Gasteiger partial charge in [-0.3, -0.25) is 4.79 Å². The molecule has 0 aliphatic carbocycles. The van der Waals surface area contributed by atoms with Gasteiger partial charge in [-0.15, -0.1) is 0 Å². The number of piperazine rings is 1. The van der Waals surface area contributed by atoms with Crippen LogP contribution in [0.3, 0.4) is 0 Å². The molecule has 1 fully saturated rings. The van der Waals surface area contributed by atoms with E-state index in [1.807, 2.05) is 13.0 Å². The van der Waals surface area contributed by atoms with Gasteiger partial charge in [-0.25, -0.2) is 4.98 Å². The highest BCUT2D eigenvalue weighted by molar-refractivity contribution is 6.00. The smallest absolute Gasteiger partial charge is 0.251 e. The molecule has 156 valence electrons. The molecule has 3 aromatic rings. The number of benzene rings is 2. The Labute approximate surface area is 175 Å². The molecule has 0 saturated carbocycles. The maximum atomic E-state index is 12.8. The number of nitrogens with two attached hydrogens (primary N) is 1. The van der Waals surface area contributed by atoms with Crippen molar-refractivity contribution in [2.75, 3.05) is 43.9 Å². The number of amides is 1. The van der Waals surface area contributed by atoms with E-state index in [0.717, 1.165) is 42.9 Å². The maximum absolute atomic E-state index is 12.8. The number of carbonyl (C=O) groups excluding carboxylic acids is 1. The molecule has 2 heterocycles. The van der Waals surface area contributed by atoms with E-state index >= 15 is 0 Å². The van der Waals surface area contributed by atoms with Gasteiger partial charge in [-0.05, 0) is 49.9 Å². The van der Waals surface area contributed by atoms with Crippen LogP contribution in [0.1, 0.15) is 28.9 Å². The molecule has 2 aromatic carbocycles. The topological polar surface area (TPSA) is 108 Å². The lowest BCUT2D eigenvalue weighted by atomic mass is 10.1. The molecule has 8 heteroatoms. The molecule has 0 bridgehead atoms. The third kappa shape index (κ3) is 4.13. The summed E-state index contributed by atoms with van der Waals surface area (Å²) >= 11 is 0. The summed E-state index contributed by atoms with van der Waals surface area (Å²) in [4.78, 5) is 26.1. The first-order valence-electron chi connectivity index (χ1n) is 10.0. The van der Waals surface area contributed by atoms with Gasteiger partial charge in [0, 0.05) is 37.1 Å². The van der Waals surface area contributed by atoms with Crippen LogP contribution in [0.5, 0.6) is 5.75 Å². The summed E-state index contributed by atoms with van der Waals surface area (Å²) in [6, 6.07) is 12.0.